The van der Waals surface area contributed by atoms with Gasteiger partial charge in [0.05, 0.1) is 23.7 Å². The molecule has 0 radical (unpaired) electrons. The number of ether oxygens (including phenoxy) is 1. The van der Waals surface area contributed by atoms with Gasteiger partial charge in [0.2, 0.25) is 5.91 Å². The molecule has 1 saturated heterocycles. The monoisotopic (exact) mass is 404 g/mol. The molecule has 0 aromatic heterocycles. The van der Waals surface area contributed by atoms with Gasteiger partial charge in [-0.15, -0.1) is 0 Å². The van der Waals surface area contributed by atoms with Crippen molar-refractivity contribution in [3.8, 4) is 5.75 Å². The molecule has 146 valence electrons. The Balaban J connectivity index is 1.80. The summed E-state index contributed by atoms with van der Waals surface area (Å²) in [7, 11) is 0. The van der Waals surface area contributed by atoms with E-state index in [0.29, 0.717) is 17.8 Å². The Bertz CT molecular complexity index is 934. The molecule has 1 fully saturated rings. The summed E-state index contributed by atoms with van der Waals surface area (Å²) in [4.78, 5) is 25.9. The van der Waals surface area contributed by atoms with Crippen molar-refractivity contribution in [3.05, 3.63) is 71.0 Å². The Labute approximate surface area is 166 Å². The minimum atomic E-state index is -0.530. The Morgan fingerprint density at radius 1 is 1.32 bits per heavy atom. The van der Waals surface area contributed by atoms with Crippen LogP contribution in [0.5, 0.6) is 5.75 Å². The standard InChI is InChI=1S/C20H18ClFN2O4/c1-2-19(26)23-13-4-6-17(25)14(10-13)20(27)24-7-8-28-18(11-24)12-3-5-16(22)15(21)9-12/h2-6,9-10,18,25H,1,7-8,11H2,(H,23,26). The molecule has 1 aliphatic heterocycles. The fourth-order valence-corrected chi connectivity index (χ4v) is 3.09. The number of hydrogen-bond acceptors (Lipinski definition) is 4. The molecule has 1 atom stereocenters. The smallest absolute Gasteiger partial charge is 0.257 e. The van der Waals surface area contributed by atoms with Crippen LogP contribution in [0.4, 0.5) is 10.1 Å². The van der Waals surface area contributed by atoms with Gasteiger partial charge in [-0.05, 0) is 42.0 Å². The molecule has 1 heterocycles. The number of phenolic OH excluding ortho intramolecular Hbond substituents is 1. The fourth-order valence-electron chi connectivity index (χ4n) is 2.90. The normalized spacial score (nSPS) is 16.5. The summed E-state index contributed by atoms with van der Waals surface area (Å²) in [6.45, 7) is 4.19. The lowest BCUT2D eigenvalue weighted by atomic mass is 10.1. The number of nitrogens with one attached hydrogen (secondary N) is 1. The summed E-state index contributed by atoms with van der Waals surface area (Å²) < 4.78 is 19.1. The summed E-state index contributed by atoms with van der Waals surface area (Å²) in [5.74, 6) is -1.57. The van der Waals surface area contributed by atoms with Crippen LogP contribution >= 0.6 is 11.6 Å². The lowest BCUT2D eigenvalue weighted by Crippen LogP contribution is -2.42. The quantitative estimate of drug-likeness (QED) is 0.603. The molecule has 8 heteroatoms. The third-order valence-corrected chi connectivity index (χ3v) is 4.64. The molecule has 2 amide bonds. The first kappa shape index (κ1) is 19.9. The van der Waals surface area contributed by atoms with Crippen LogP contribution in [0.25, 0.3) is 0 Å². The molecular weight excluding hydrogens is 387 g/mol. The highest BCUT2D eigenvalue weighted by Gasteiger charge is 2.28. The maximum atomic E-state index is 13.4. The average Bonchev–Trinajstić information content (AvgIpc) is 2.71. The van der Waals surface area contributed by atoms with Crippen molar-refractivity contribution >= 4 is 29.1 Å². The number of rotatable bonds is 4. The number of amides is 2. The van der Waals surface area contributed by atoms with E-state index in [2.05, 4.69) is 11.9 Å². The van der Waals surface area contributed by atoms with Crippen LogP contribution in [0.15, 0.2) is 49.1 Å². The van der Waals surface area contributed by atoms with Crippen LogP contribution in [-0.4, -0.2) is 41.5 Å². The van der Waals surface area contributed by atoms with E-state index in [4.69, 9.17) is 16.3 Å². The number of phenols is 1. The topological polar surface area (TPSA) is 78.9 Å². The lowest BCUT2D eigenvalue weighted by Gasteiger charge is -2.33. The molecule has 2 N–H and O–H groups in total. The van der Waals surface area contributed by atoms with Crippen LogP contribution < -0.4 is 5.32 Å². The number of halogens is 2. The van der Waals surface area contributed by atoms with Crippen molar-refractivity contribution in [1.82, 2.24) is 4.90 Å². The van der Waals surface area contributed by atoms with Gasteiger partial charge in [0.15, 0.2) is 0 Å². The van der Waals surface area contributed by atoms with Crippen molar-refractivity contribution in [2.24, 2.45) is 0 Å². The fraction of sp³-hybridized carbons (Fsp3) is 0.200. The predicted molar refractivity (Wildman–Crippen MR) is 103 cm³/mol. The Kier molecular flexibility index (Phi) is 5.96. The van der Waals surface area contributed by atoms with Crippen molar-refractivity contribution in [2.75, 3.05) is 25.0 Å². The lowest BCUT2D eigenvalue weighted by molar-refractivity contribution is -0.111. The first-order valence-electron chi connectivity index (χ1n) is 8.51. The molecule has 0 aliphatic carbocycles. The van der Waals surface area contributed by atoms with Crippen molar-refractivity contribution in [3.63, 3.8) is 0 Å². The molecule has 2 aromatic carbocycles. The number of carbonyl (C=O) groups is 2. The van der Waals surface area contributed by atoms with E-state index in [9.17, 15) is 19.1 Å². The number of hydrogen-bond donors (Lipinski definition) is 2. The van der Waals surface area contributed by atoms with Crippen molar-refractivity contribution in [2.45, 2.75) is 6.10 Å². The van der Waals surface area contributed by atoms with E-state index in [1.54, 1.807) is 6.07 Å². The maximum Gasteiger partial charge on any atom is 0.257 e. The summed E-state index contributed by atoms with van der Waals surface area (Å²) in [5, 5.41) is 12.6. The second-order valence-electron chi connectivity index (χ2n) is 6.21. The number of aromatic hydroxyl groups is 1. The SMILES string of the molecule is C=CC(=O)Nc1ccc(O)c(C(=O)N2CCOC(c3ccc(F)c(Cl)c3)C2)c1. The zero-order valence-corrected chi connectivity index (χ0v) is 15.6. The summed E-state index contributed by atoms with van der Waals surface area (Å²) in [6.07, 6.45) is 0.635. The van der Waals surface area contributed by atoms with Crippen LogP contribution in [0.1, 0.15) is 22.0 Å². The zero-order chi connectivity index (χ0) is 20.3. The van der Waals surface area contributed by atoms with Crippen molar-refractivity contribution < 1.29 is 23.8 Å². The van der Waals surface area contributed by atoms with Crippen LogP contribution in [-0.2, 0) is 9.53 Å². The van der Waals surface area contributed by atoms with Crippen LogP contribution in [0, 0.1) is 5.82 Å². The molecule has 0 spiro atoms. The second-order valence-corrected chi connectivity index (χ2v) is 6.62. The highest BCUT2D eigenvalue weighted by atomic mass is 35.5. The summed E-state index contributed by atoms with van der Waals surface area (Å²) in [6, 6.07) is 8.50. The van der Waals surface area contributed by atoms with Gasteiger partial charge in [0.1, 0.15) is 17.7 Å². The zero-order valence-electron chi connectivity index (χ0n) is 14.8. The Hall–Kier alpha value is -2.90. The van der Waals surface area contributed by atoms with E-state index < -0.39 is 23.7 Å². The minimum absolute atomic E-state index is 0.0205. The summed E-state index contributed by atoms with van der Waals surface area (Å²) in [5.41, 5.74) is 1.07. The molecule has 1 aliphatic rings. The van der Waals surface area contributed by atoms with Gasteiger partial charge >= 0.3 is 0 Å². The van der Waals surface area contributed by atoms with Gasteiger partial charge < -0.3 is 20.1 Å². The highest BCUT2D eigenvalue weighted by molar-refractivity contribution is 6.30. The van der Waals surface area contributed by atoms with E-state index in [1.807, 2.05) is 0 Å². The molecule has 0 bridgehead atoms. The van der Waals surface area contributed by atoms with Crippen LogP contribution in [0.2, 0.25) is 5.02 Å². The largest absolute Gasteiger partial charge is 0.507 e. The number of benzene rings is 2. The number of morpholine rings is 1. The molecule has 1 unspecified atom stereocenters. The number of anilines is 1. The molecule has 28 heavy (non-hydrogen) atoms. The minimum Gasteiger partial charge on any atom is -0.507 e. The Morgan fingerprint density at radius 3 is 2.82 bits per heavy atom. The Morgan fingerprint density at radius 2 is 2.11 bits per heavy atom. The van der Waals surface area contributed by atoms with E-state index in [-0.39, 0.29) is 29.5 Å². The van der Waals surface area contributed by atoms with E-state index in [1.165, 1.54) is 35.2 Å². The first-order valence-corrected chi connectivity index (χ1v) is 8.89. The maximum absolute atomic E-state index is 13.4. The van der Waals surface area contributed by atoms with Gasteiger partial charge in [-0.2, -0.15) is 0 Å². The molecule has 3 rings (SSSR count). The third kappa shape index (κ3) is 4.32. The summed E-state index contributed by atoms with van der Waals surface area (Å²) >= 11 is 5.83. The van der Waals surface area contributed by atoms with Gasteiger partial charge in [-0.25, -0.2) is 4.39 Å². The molecule has 0 saturated carbocycles. The van der Waals surface area contributed by atoms with Crippen molar-refractivity contribution in [1.29, 1.82) is 0 Å². The predicted octanol–water partition coefficient (Wildman–Crippen LogP) is 3.52. The molecular formula is C20H18ClFN2O4. The number of carbonyl (C=O) groups excluding carboxylic acids is 2. The molecule has 2 aromatic rings. The number of nitrogens with zero attached hydrogens (tertiary/aromatic N) is 1. The first-order chi connectivity index (χ1) is 13.4. The van der Waals surface area contributed by atoms with E-state index >= 15 is 0 Å². The average molecular weight is 405 g/mol. The van der Waals surface area contributed by atoms with Gasteiger partial charge in [-0.1, -0.05) is 24.2 Å². The van der Waals surface area contributed by atoms with Gasteiger partial charge in [-0.3, -0.25) is 9.59 Å². The van der Waals surface area contributed by atoms with Gasteiger partial charge in [0, 0.05) is 12.2 Å². The van der Waals surface area contributed by atoms with Crippen LogP contribution in [0.3, 0.4) is 0 Å². The molecule has 6 nitrogen and oxygen atoms in total. The third-order valence-electron chi connectivity index (χ3n) is 4.35. The van der Waals surface area contributed by atoms with Gasteiger partial charge in [0.25, 0.3) is 5.91 Å². The second kappa shape index (κ2) is 8.41. The van der Waals surface area contributed by atoms with E-state index in [0.717, 1.165) is 6.08 Å². The highest BCUT2D eigenvalue weighted by Crippen LogP contribution is 2.29.